The maximum absolute atomic E-state index is 6.66. The maximum atomic E-state index is 6.66. The number of nitrogens with zero attached hydrogens (tertiary/aromatic N) is 1. The molecule has 3 nitrogen and oxygen atoms in total. The highest BCUT2D eigenvalue weighted by Crippen LogP contribution is 2.59. The highest BCUT2D eigenvalue weighted by Gasteiger charge is 2.56. The largest absolute Gasteiger partial charge is 0.458 e. The van der Waals surface area contributed by atoms with E-state index in [1.165, 1.54) is 44.6 Å². The molecule has 1 spiro atoms. The molecule has 0 saturated carbocycles. The van der Waals surface area contributed by atoms with Crippen molar-refractivity contribution in [2.24, 2.45) is 0 Å². The average molecular weight is 523 g/mol. The fourth-order valence-electron chi connectivity index (χ4n) is 8.00. The van der Waals surface area contributed by atoms with Crippen molar-refractivity contribution in [3.63, 3.8) is 0 Å². The lowest BCUT2D eigenvalue weighted by Crippen LogP contribution is -2.65. The van der Waals surface area contributed by atoms with Crippen molar-refractivity contribution in [3.05, 3.63) is 156 Å². The Balaban J connectivity index is 1.40. The van der Waals surface area contributed by atoms with Crippen LogP contribution in [0.5, 0.6) is 23.0 Å². The lowest BCUT2D eigenvalue weighted by molar-refractivity contribution is 0.461. The van der Waals surface area contributed by atoms with Crippen LogP contribution in [-0.2, 0) is 5.41 Å². The molecule has 0 fully saturated rings. The van der Waals surface area contributed by atoms with Crippen molar-refractivity contribution in [2.75, 3.05) is 4.90 Å². The van der Waals surface area contributed by atoms with Gasteiger partial charge in [-0.3, -0.25) is 0 Å². The molecule has 0 saturated heterocycles. The van der Waals surface area contributed by atoms with Crippen molar-refractivity contribution in [3.8, 4) is 23.0 Å². The molecule has 4 heterocycles. The molecule has 0 radical (unpaired) electrons. The number of fused-ring (bicyclic) bond motifs is 6. The normalized spacial score (nSPS) is 15.3. The minimum atomic E-state index is -0.553. The third-order valence-corrected chi connectivity index (χ3v) is 9.38. The first kappa shape index (κ1) is 21.6. The van der Waals surface area contributed by atoms with Gasteiger partial charge in [-0.2, -0.15) is 0 Å². The molecule has 0 unspecified atom stereocenters. The van der Waals surface area contributed by atoms with E-state index >= 15 is 0 Å². The van der Waals surface area contributed by atoms with Crippen molar-refractivity contribution in [2.45, 2.75) is 5.41 Å². The van der Waals surface area contributed by atoms with Crippen LogP contribution in [-0.4, -0.2) is 6.71 Å². The number of anilines is 3. The zero-order valence-corrected chi connectivity index (χ0v) is 22.0. The van der Waals surface area contributed by atoms with Crippen LogP contribution in [0.25, 0.3) is 0 Å². The molecule has 0 atom stereocenters. The van der Waals surface area contributed by atoms with Crippen LogP contribution in [0.3, 0.4) is 0 Å². The number of hydrogen-bond donors (Lipinski definition) is 0. The number of ether oxygens (including phenoxy) is 2. The second-order valence-electron chi connectivity index (χ2n) is 11.2. The second-order valence-corrected chi connectivity index (χ2v) is 11.2. The Morgan fingerprint density at radius 3 is 1.41 bits per heavy atom. The van der Waals surface area contributed by atoms with E-state index < -0.39 is 5.41 Å². The average Bonchev–Trinajstić information content (AvgIpc) is 3.03. The fraction of sp³-hybridized carbons (Fsp3) is 0.0270. The first-order valence-corrected chi connectivity index (χ1v) is 14.2. The lowest BCUT2D eigenvalue weighted by atomic mass is 9.29. The maximum Gasteiger partial charge on any atom is 0.261 e. The van der Waals surface area contributed by atoms with Crippen LogP contribution in [0, 0.1) is 0 Å². The van der Waals surface area contributed by atoms with Gasteiger partial charge in [-0.15, -0.1) is 0 Å². The quantitative estimate of drug-likeness (QED) is 0.219. The number of hydrogen-bond acceptors (Lipinski definition) is 3. The smallest absolute Gasteiger partial charge is 0.261 e. The summed E-state index contributed by atoms with van der Waals surface area (Å²) in [5.41, 5.74) is 11.6. The molecule has 0 bridgehead atoms. The molecule has 10 rings (SSSR count). The van der Waals surface area contributed by atoms with Gasteiger partial charge in [0.25, 0.3) is 6.71 Å². The van der Waals surface area contributed by atoms with Crippen LogP contribution in [0.15, 0.2) is 133 Å². The Bertz CT molecular complexity index is 1960. The van der Waals surface area contributed by atoms with E-state index in [4.69, 9.17) is 9.47 Å². The van der Waals surface area contributed by atoms with E-state index in [0.29, 0.717) is 0 Å². The summed E-state index contributed by atoms with van der Waals surface area (Å²) in [6, 6.07) is 47.9. The van der Waals surface area contributed by atoms with Gasteiger partial charge in [-0.1, -0.05) is 84.9 Å². The number of para-hydroxylation sites is 3. The molecular weight excluding hydrogens is 501 g/mol. The van der Waals surface area contributed by atoms with Gasteiger partial charge in [-0.25, -0.2) is 0 Å². The van der Waals surface area contributed by atoms with Crippen molar-refractivity contribution in [1.29, 1.82) is 0 Å². The van der Waals surface area contributed by atoms with Crippen LogP contribution in [0.4, 0.5) is 17.1 Å². The van der Waals surface area contributed by atoms with Gasteiger partial charge >= 0.3 is 0 Å². The molecule has 190 valence electrons. The van der Waals surface area contributed by atoms with Gasteiger partial charge in [0.05, 0.1) is 16.8 Å². The Labute approximate surface area is 238 Å². The minimum absolute atomic E-state index is 0.0539. The lowest BCUT2D eigenvalue weighted by Gasteiger charge is -2.52. The topological polar surface area (TPSA) is 21.7 Å². The van der Waals surface area contributed by atoms with E-state index in [1.54, 1.807) is 0 Å². The molecule has 41 heavy (non-hydrogen) atoms. The molecule has 4 aliphatic rings. The van der Waals surface area contributed by atoms with Gasteiger partial charge in [0, 0.05) is 11.2 Å². The SMILES string of the molecule is c1ccc(N2c3ccccc3C3(c4ccccc42)c2cccc4c2B2c5c(cccc5Oc5cccc3c52)O4)cc1. The fourth-order valence-corrected chi connectivity index (χ4v) is 8.00. The van der Waals surface area contributed by atoms with Crippen LogP contribution < -0.4 is 30.8 Å². The molecular formula is C37H22BNO2. The Morgan fingerprint density at radius 2 is 0.854 bits per heavy atom. The highest BCUT2D eigenvalue weighted by atomic mass is 16.5. The molecule has 4 aliphatic heterocycles. The van der Waals surface area contributed by atoms with E-state index in [-0.39, 0.29) is 6.71 Å². The van der Waals surface area contributed by atoms with Crippen LogP contribution >= 0.6 is 0 Å². The van der Waals surface area contributed by atoms with E-state index in [9.17, 15) is 0 Å². The van der Waals surface area contributed by atoms with E-state index in [1.807, 2.05) is 6.07 Å². The molecule has 4 heteroatoms. The molecule has 0 aliphatic carbocycles. The highest BCUT2D eigenvalue weighted by molar-refractivity contribution is 6.99. The van der Waals surface area contributed by atoms with Gasteiger partial charge in [0.1, 0.15) is 23.0 Å². The zero-order chi connectivity index (χ0) is 26.7. The van der Waals surface area contributed by atoms with Crippen molar-refractivity contribution >= 4 is 40.2 Å². The van der Waals surface area contributed by atoms with Gasteiger partial charge in [0.15, 0.2) is 0 Å². The third kappa shape index (κ3) is 2.48. The number of benzene rings is 6. The van der Waals surface area contributed by atoms with Gasteiger partial charge in [0.2, 0.25) is 0 Å². The van der Waals surface area contributed by atoms with Gasteiger partial charge < -0.3 is 14.4 Å². The standard InChI is InChI=1S/C37H22BNO2/c1-2-11-23(12-3-1)39-28-17-6-4-13-24(28)37(25-14-5-7-18-29(25)39)26-15-8-19-30-34(26)38-35-27(37)16-9-20-31(35)41-33-22-10-21-32(40-30)36(33)38/h1-22H. The predicted octanol–water partition coefficient (Wildman–Crippen LogP) is 6.89. The summed E-state index contributed by atoms with van der Waals surface area (Å²) < 4.78 is 13.3. The molecule has 6 aromatic rings. The summed E-state index contributed by atoms with van der Waals surface area (Å²) >= 11 is 0. The third-order valence-electron chi connectivity index (χ3n) is 9.38. The zero-order valence-electron chi connectivity index (χ0n) is 22.0. The van der Waals surface area contributed by atoms with Crippen LogP contribution in [0.2, 0.25) is 0 Å². The summed E-state index contributed by atoms with van der Waals surface area (Å²) in [4.78, 5) is 2.41. The Hall–Kier alpha value is -5.22. The van der Waals surface area contributed by atoms with Gasteiger partial charge in [-0.05, 0) is 81.7 Å². The summed E-state index contributed by atoms with van der Waals surface area (Å²) in [6.07, 6.45) is 0. The first-order valence-electron chi connectivity index (χ1n) is 14.2. The first-order chi connectivity index (χ1) is 20.4. The van der Waals surface area contributed by atoms with Crippen LogP contribution in [0.1, 0.15) is 22.3 Å². The monoisotopic (exact) mass is 523 g/mol. The summed E-state index contributed by atoms with van der Waals surface area (Å²) in [5, 5.41) is 0. The molecule has 0 amide bonds. The van der Waals surface area contributed by atoms with Crippen molar-refractivity contribution in [1.82, 2.24) is 0 Å². The van der Waals surface area contributed by atoms with E-state index in [2.05, 4.69) is 132 Å². The summed E-state index contributed by atoms with van der Waals surface area (Å²) in [6.45, 7) is 0.0539. The predicted molar refractivity (Wildman–Crippen MR) is 164 cm³/mol. The Morgan fingerprint density at radius 1 is 0.415 bits per heavy atom. The second kappa shape index (κ2) is 7.49. The molecule has 0 N–H and O–H groups in total. The summed E-state index contributed by atoms with van der Waals surface area (Å²) in [7, 11) is 0. The summed E-state index contributed by atoms with van der Waals surface area (Å²) in [5.74, 6) is 3.63. The molecule has 6 aromatic carbocycles. The minimum Gasteiger partial charge on any atom is -0.458 e. The Kier molecular flexibility index (Phi) is 3.95. The number of rotatable bonds is 1. The van der Waals surface area contributed by atoms with Crippen molar-refractivity contribution < 1.29 is 9.47 Å². The van der Waals surface area contributed by atoms with E-state index in [0.717, 1.165) is 34.1 Å². The molecule has 0 aromatic heterocycles.